The number of methoxy groups -OCH3 is 1. The maximum Gasteiger partial charge on any atom is 0.338 e. The predicted molar refractivity (Wildman–Crippen MR) is 82.2 cm³/mol. The Labute approximate surface area is 140 Å². The van der Waals surface area contributed by atoms with E-state index in [2.05, 4.69) is 0 Å². The highest BCUT2D eigenvalue weighted by atomic mass is 16.8. The molecule has 0 aromatic heterocycles. The molecule has 5 atom stereocenters. The number of benzene rings is 1. The topological polar surface area (TPSA) is 83.5 Å². The second-order valence-electron chi connectivity index (χ2n) is 6.30. The van der Waals surface area contributed by atoms with Crippen LogP contribution in [0.2, 0.25) is 0 Å². The first kappa shape index (κ1) is 17.3. The summed E-state index contributed by atoms with van der Waals surface area (Å²) in [5, 5.41) is 10.5. The van der Waals surface area contributed by atoms with Gasteiger partial charge < -0.3 is 28.8 Å². The van der Waals surface area contributed by atoms with E-state index in [4.69, 9.17) is 23.7 Å². The van der Waals surface area contributed by atoms with Crippen LogP contribution < -0.4 is 0 Å². The Bertz CT molecular complexity index is 574. The molecule has 3 rings (SSSR count). The first-order chi connectivity index (χ1) is 11.4. The van der Waals surface area contributed by atoms with Crippen LogP contribution in [0.5, 0.6) is 0 Å². The molecular formula is C17H22O7. The number of carbonyl (C=O) groups is 1. The van der Waals surface area contributed by atoms with E-state index in [-0.39, 0.29) is 6.61 Å². The van der Waals surface area contributed by atoms with Gasteiger partial charge in [0.1, 0.15) is 31.0 Å². The summed E-state index contributed by atoms with van der Waals surface area (Å²) in [6.07, 6.45) is -3.62. The molecule has 132 valence electrons. The summed E-state index contributed by atoms with van der Waals surface area (Å²) in [6.45, 7) is 3.41. The average molecular weight is 338 g/mol. The van der Waals surface area contributed by atoms with Gasteiger partial charge in [0, 0.05) is 7.11 Å². The number of fused-ring (bicyclic) bond motifs is 1. The highest BCUT2D eigenvalue weighted by Gasteiger charge is 2.55. The minimum atomic E-state index is -0.994. The summed E-state index contributed by atoms with van der Waals surface area (Å²) < 4.78 is 27.7. The molecule has 1 aromatic rings. The Balaban J connectivity index is 1.65. The maximum atomic E-state index is 12.0. The lowest BCUT2D eigenvalue weighted by Crippen LogP contribution is -2.58. The van der Waals surface area contributed by atoms with Crippen molar-refractivity contribution in [1.82, 2.24) is 0 Å². The molecule has 24 heavy (non-hydrogen) atoms. The van der Waals surface area contributed by atoms with E-state index in [9.17, 15) is 9.90 Å². The summed E-state index contributed by atoms with van der Waals surface area (Å²) in [7, 11) is 1.49. The van der Waals surface area contributed by atoms with Gasteiger partial charge in [-0.3, -0.25) is 0 Å². The number of rotatable bonds is 4. The van der Waals surface area contributed by atoms with Crippen molar-refractivity contribution in [1.29, 1.82) is 0 Å². The molecular weight excluding hydrogens is 316 g/mol. The molecule has 2 aliphatic heterocycles. The molecule has 0 unspecified atom stereocenters. The van der Waals surface area contributed by atoms with Crippen LogP contribution >= 0.6 is 0 Å². The van der Waals surface area contributed by atoms with Gasteiger partial charge in [0.2, 0.25) is 0 Å². The Morgan fingerprint density at radius 3 is 2.54 bits per heavy atom. The van der Waals surface area contributed by atoms with Crippen molar-refractivity contribution in [2.45, 2.75) is 50.3 Å². The summed E-state index contributed by atoms with van der Waals surface area (Å²) >= 11 is 0. The van der Waals surface area contributed by atoms with Gasteiger partial charge in [-0.05, 0) is 26.0 Å². The molecule has 2 saturated heterocycles. The quantitative estimate of drug-likeness (QED) is 0.823. The highest BCUT2D eigenvalue weighted by Crippen LogP contribution is 2.37. The average Bonchev–Trinajstić information content (AvgIpc) is 2.91. The first-order valence-electron chi connectivity index (χ1n) is 7.85. The van der Waals surface area contributed by atoms with Crippen molar-refractivity contribution in [3.8, 4) is 0 Å². The molecule has 7 nitrogen and oxygen atoms in total. The largest absolute Gasteiger partial charge is 0.459 e. The van der Waals surface area contributed by atoms with Crippen LogP contribution in [0.3, 0.4) is 0 Å². The van der Waals surface area contributed by atoms with E-state index in [0.717, 1.165) is 0 Å². The van der Waals surface area contributed by atoms with Crippen molar-refractivity contribution >= 4 is 5.97 Å². The van der Waals surface area contributed by atoms with Crippen molar-refractivity contribution in [2.24, 2.45) is 0 Å². The fourth-order valence-corrected chi connectivity index (χ4v) is 2.98. The predicted octanol–water partition coefficient (Wildman–Crippen LogP) is 1.10. The zero-order chi connectivity index (χ0) is 17.3. The Morgan fingerprint density at radius 1 is 1.21 bits per heavy atom. The molecule has 0 amide bonds. The Morgan fingerprint density at radius 2 is 1.88 bits per heavy atom. The molecule has 0 spiro atoms. The van der Waals surface area contributed by atoms with Gasteiger partial charge in [-0.1, -0.05) is 18.2 Å². The third kappa shape index (κ3) is 3.45. The zero-order valence-electron chi connectivity index (χ0n) is 13.9. The van der Waals surface area contributed by atoms with Crippen LogP contribution in [0, 0.1) is 0 Å². The van der Waals surface area contributed by atoms with Gasteiger partial charge in [-0.15, -0.1) is 0 Å². The van der Waals surface area contributed by atoms with Crippen molar-refractivity contribution in [3.05, 3.63) is 35.9 Å². The first-order valence-corrected chi connectivity index (χ1v) is 7.85. The smallest absolute Gasteiger partial charge is 0.338 e. The fraction of sp³-hybridized carbons (Fsp3) is 0.588. The SMILES string of the molecule is CO[C@@H]1O[C@H](COC(=O)c2ccccc2)[C@H](O)[C@H]2OC(C)(C)O[C@H]12. The van der Waals surface area contributed by atoms with Gasteiger partial charge >= 0.3 is 5.97 Å². The molecule has 0 radical (unpaired) electrons. The molecule has 2 fully saturated rings. The van der Waals surface area contributed by atoms with Crippen LogP contribution in [0.15, 0.2) is 30.3 Å². The van der Waals surface area contributed by atoms with Gasteiger partial charge in [0.15, 0.2) is 12.1 Å². The molecule has 1 aromatic carbocycles. The van der Waals surface area contributed by atoms with Crippen molar-refractivity contribution in [3.63, 3.8) is 0 Å². The number of ether oxygens (including phenoxy) is 5. The minimum Gasteiger partial charge on any atom is -0.459 e. The lowest BCUT2D eigenvalue weighted by Gasteiger charge is -2.38. The van der Waals surface area contributed by atoms with Gasteiger partial charge in [-0.25, -0.2) is 4.79 Å². The van der Waals surface area contributed by atoms with E-state index in [1.54, 1.807) is 38.1 Å². The Kier molecular flexibility index (Phi) is 4.89. The second-order valence-corrected chi connectivity index (χ2v) is 6.30. The summed E-state index contributed by atoms with van der Waals surface area (Å²) in [4.78, 5) is 12.0. The summed E-state index contributed by atoms with van der Waals surface area (Å²) in [5.74, 6) is -1.32. The fourth-order valence-electron chi connectivity index (χ4n) is 2.98. The molecule has 0 aliphatic carbocycles. The maximum absolute atomic E-state index is 12.0. The van der Waals surface area contributed by atoms with E-state index in [1.807, 2.05) is 6.07 Å². The molecule has 1 N–H and O–H groups in total. The van der Waals surface area contributed by atoms with Crippen LogP contribution in [0.4, 0.5) is 0 Å². The van der Waals surface area contributed by atoms with E-state index in [1.165, 1.54) is 7.11 Å². The number of aliphatic hydroxyl groups excluding tert-OH is 1. The Hall–Kier alpha value is -1.51. The highest BCUT2D eigenvalue weighted by molar-refractivity contribution is 5.89. The molecule has 7 heteroatoms. The second kappa shape index (κ2) is 6.78. The number of hydrogen-bond donors (Lipinski definition) is 1. The molecule has 0 saturated carbocycles. The lowest BCUT2D eigenvalue weighted by molar-refractivity contribution is -0.272. The number of aliphatic hydroxyl groups is 1. The normalized spacial score (nSPS) is 34.6. The van der Waals surface area contributed by atoms with Gasteiger partial charge in [0.05, 0.1) is 5.56 Å². The van der Waals surface area contributed by atoms with Crippen LogP contribution in [-0.2, 0) is 23.7 Å². The monoisotopic (exact) mass is 338 g/mol. The summed E-state index contributed by atoms with van der Waals surface area (Å²) in [5.41, 5.74) is 0.436. The summed E-state index contributed by atoms with van der Waals surface area (Å²) in [6, 6.07) is 8.63. The van der Waals surface area contributed by atoms with Gasteiger partial charge in [0.25, 0.3) is 0 Å². The number of hydrogen-bond acceptors (Lipinski definition) is 7. The van der Waals surface area contributed by atoms with E-state index in [0.29, 0.717) is 5.56 Å². The standard InChI is InChI=1S/C17H22O7/c1-17(2)23-13-12(18)11(22-16(20-3)14(13)24-17)9-21-15(19)10-7-5-4-6-8-10/h4-8,11-14,16,18H,9H2,1-3H3/t11-,12+,13-,14+,16-/m1/s1. The molecule has 2 heterocycles. The number of esters is 1. The molecule has 2 aliphatic rings. The van der Waals surface area contributed by atoms with Crippen LogP contribution in [-0.4, -0.2) is 61.3 Å². The van der Waals surface area contributed by atoms with Crippen LogP contribution in [0.25, 0.3) is 0 Å². The zero-order valence-corrected chi connectivity index (χ0v) is 13.9. The minimum absolute atomic E-state index is 0.109. The van der Waals surface area contributed by atoms with Crippen molar-refractivity contribution in [2.75, 3.05) is 13.7 Å². The third-order valence-electron chi connectivity index (χ3n) is 4.08. The molecule has 0 bridgehead atoms. The third-order valence-corrected chi connectivity index (χ3v) is 4.08. The van der Waals surface area contributed by atoms with Gasteiger partial charge in [-0.2, -0.15) is 0 Å². The van der Waals surface area contributed by atoms with E-state index >= 15 is 0 Å². The van der Waals surface area contributed by atoms with Crippen LogP contribution in [0.1, 0.15) is 24.2 Å². The van der Waals surface area contributed by atoms with Crippen molar-refractivity contribution < 1.29 is 33.6 Å². The number of carbonyl (C=O) groups excluding carboxylic acids is 1. The van der Waals surface area contributed by atoms with E-state index < -0.39 is 42.5 Å². The lowest BCUT2D eigenvalue weighted by atomic mass is 9.99.